The fourth-order valence-electron chi connectivity index (χ4n) is 4.11. The summed E-state index contributed by atoms with van der Waals surface area (Å²) in [5.41, 5.74) is 2.30. The molecule has 2 N–H and O–H groups in total. The monoisotopic (exact) mass is 424 g/mol. The molecule has 0 aliphatic carbocycles. The number of benzene rings is 2. The van der Waals surface area contributed by atoms with E-state index in [9.17, 15) is 4.79 Å². The normalized spacial score (nSPS) is 16.1. The highest BCUT2D eigenvalue weighted by molar-refractivity contribution is 5.74. The number of nitrogens with one attached hydrogen (secondary N) is 2. The first-order chi connectivity index (χ1) is 15.0. The van der Waals surface area contributed by atoms with E-state index >= 15 is 0 Å². The van der Waals surface area contributed by atoms with Gasteiger partial charge in [-0.1, -0.05) is 42.5 Å². The number of rotatable bonds is 9. The van der Waals surface area contributed by atoms with Crippen molar-refractivity contribution in [2.24, 2.45) is 0 Å². The number of piperidine rings is 1. The lowest BCUT2D eigenvalue weighted by molar-refractivity contribution is 0.135. The zero-order chi connectivity index (χ0) is 22.1. The lowest BCUT2D eigenvalue weighted by Gasteiger charge is -2.37. The van der Waals surface area contributed by atoms with E-state index in [0.29, 0.717) is 12.6 Å². The van der Waals surface area contributed by atoms with E-state index in [2.05, 4.69) is 46.7 Å². The number of nitrogens with zero attached hydrogens (tertiary/aromatic N) is 2. The van der Waals surface area contributed by atoms with Crippen LogP contribution in [0.4, 0.5) is 4.79 Å². The molecule has 1 saturated heterocycles. The molecule has 1 atom stereocenters. The fraction of sp³-hybridized carbons (Fsp3) is 0.480. The molecule has 0 saturated carbocycles. The first-order valence-electron chi connectivity index (χ1n) is 11.2. The van der Waals surface area contributed by atoms with E-state index in [1.165, 1.54) is 18.4 Å². The van der Waals surface area contributed by atoms with Gasteiger partial charge in [0.15, 0.2) is 0 Å². The van der Waals surface area contributed by atoms with Crippen LogP contribution in [0.2, 0.25) is 0 Å². The van der Waals surface area contributed by atoms with E-state index in [1.54, 1.807) is 7.11 Å². The third kappa shape index (κ3) is 7.26. The molecule has 31 heavy (non-hydrogen) atoms. The Bertz CT molecular complexity index is 789. The SMILES string of the molecule is COc1ccc(CCNC(=O)NC(CN(C)C2CCN(C)CC2)c2ccccc2)cc1. The van der Waals surface area contributed by atoms with E-state index in [0.717, 1.165) is 37.4 Å². The van der Waals surface area contributed by atoms with Crippen molar-refractivity contribution in [2.45, 2.75) is 31.3 Å². The van der Waals surface area contributed by atoms with Gasteiger partial charge in [0, 0.05) is 19.1 Å². The van der Waals surface area contributed by atoms with E-state index in [4.69, 9.17) is 4.74 Å². The first kappa shape index (κ1) is 23.1. The van der Waals surface area contributed by atoms with Gasteiger partial charge in [0.1, 0.15) is 5.75 Å². The van der Waals surface area contributed by atoms with Crippen LogP contribution in [0.15, 0.2) is 54.6 Å². The second-order valence-corrected chi connectivity index (χ2v) is 8.44. The Kier molecular flexibility index (Phi) is 8.74. The van der Waals surface area contributed by atoms with Crippen molar-refractivity contribution >= 4 is 6.03 Å². The number of hydrogen-bond acceptors (Lipinski definition) is 4. The van der Waals surface area contributed by atoms with Crippen molar-refractivity contribution in [2.75, 3.05) is 47.4 Å². The Labute approximate surface area is 186 Å². The number of hydrogen-bond donors (Lipinski definition) is 2. The Morgan fingerprint density at radius 3 is 2.45 bits per heavy atom. The molecule has 1 aliphatic rings. The second-order valence-electron chi connectivity index (χ2n) is 8.44. The average Bonchev–Trinajstić information content (AvgIpc) is 2.80. The van der Waals surface area contributed by atoms with Crippen molar-refractivity contribution < 1.29 is 9.53 Å². The third-order valence-electron chi connectivity index (χ3n) is 6.15. The molecule has 2 aromatic rings. The smallest absolute Gasteiger partial charge is 0.315 e. The topological polar surface area (TPSA) is 56.8 Å². The molecule has 0 aromatic heterocycles. The van der Waals surface area contributed by atoms with Crippen molar-refractivity contribution in [3.05, 3.63) is 65.7 Å². The summed E-state index contributed by atoms with van der Waals surface area (Å²) in [5, 5.41) is 6.21. The van der Waals surface area contributed by atoms with Crippen LogP contribution in [0.3, 0.4) is 0 Å². The van der Waals surface area contributed by atoms with Crippen molar-refractivity contribution in [3.63, 3.8) is 0 Å². The third-order valence-corrected chi connectivity index (χ3v) is 6.15. The van der Waals surface area contributed by atoms with Crippen LogP contribution in [-0.4, -0.2) is 69.3 Å². The van der Waals surface area contributed by atoms with Crippen LogP contribution in [0.25, 0.3) is 0 Å². The van der Waals surface area contributed by atoms with Gasteiger partial charge in [-0.25, -0.2) is 4.79 Å². The molecule has 1 fully saturated rings. The molecule has 6 heteroatoms. The van der Waals surface area contributed by atoms with Crippen molar-refractivity contribution in [3.8, 4) is 5.75 Å². The lowest BCUT2D eigenvalue weighted by atomic mass is 10.0. The predicted octanol–water partition coefficient (Wildman–Crippen LogP) is 3.30. The first-order valence-corrected chi connectivity index (χ1v) is 11.2. The molecule has 2 aromatic carbocycles. The number of likely N-dealkylation sites (N-methyl/N-ethyl adjacent to an activating group) is 1. The minimum atomic E-state index is -0.126. The number of ether oxygens (including phenoxy) is 1. The predicted molar refractivity (Wildman–Crippen MR) is 126 cm³/mol. The van der Waals surface area contributed by atoms with Crippen LogP contribution < -0.4 is 15.4 Å². The van der Waals surface area contributed by atoms with Crippen LogP contribution in [0, 0.1) is 0 Å². The van der Waals surface area contributed by atoms with Gasteiger partial charge in [-0.3, -0.25) is 0 Å². The van der Waals surface area contributed by atoms with Crippen LogP contribution in [-0.2, 0) is 6.42 Å². The molecule has 0 bridgehead atoms. The van der Waals surface area contributed by atoms with Crippen LogP contribution in [0.5, 0.6) is 5.75 Å². The van der Waals surface area contributed by atoms with Crippen molar-refractivity contribution in [1.29, 1.82) is 0 Å². The molecule has 1 heterocycles. The summed E-state index contributed by atoms with van der Waals surface area (Å²) >= 11 is 0. The number of carbonyl (C=O) groups excluding carboxylic acids is 1. The maximum Gasteiger partial charge on any atom is 0.315 e. The molecule has 168 valence electrons. The van der Waals surface area contributed by atoms with E-state index in [-0.39, 0.29) is 12.1 Å². The summed E-state index contributed by atoms with van der Waals surface area (Å²) in [7, 11) is 6.02. The highest BCUT2D eigenvalue weighted by Gasteiger charge is 2.24. The highest BCUT2D eigenvalue weighted by atomic mass is 16.5. The Morgan fingerprint density at radius 1 is 1.13 bits per heavy atom. The zero-order valence-corrected chi connectivity index (χ0v) is 19.0. The van der Waals surface area contributed by atoms with Crippen LogP contribution in [0.1, 0.15) is 30.0 Å². The summed E-state index contributed by atoms with van der Waals surface area (Å²) in [6.45, 7) is 3.64. The number of amides is 2. The molecule has 1 unspecified atom stereocenters. The van der Waals surface area contributed by atoms with Gasteiger partial charge >= 0.3 is 6.03 Å². The largest absolute Gasteiger partial charge is 0.497 e. The maximum absolute atomic E-state index is 12.7. The van der Waals surface area contributed by atoms with Gasteiger partial charge in [0.05, 0.1) is 13.2 Å². The second kappa shape index (κ2) is 11.7. The Morgan fingerprint density at radius 2 is 1.81 bits per heavy atom. The summed E-state index contributed by atoms with van der Waals surface area (Å²) in [6.07, 6.45) is 3.12. The van der Waals surface area contributed by atoms with Gasteiger partial charge in [-0.2, -0.15) is 0 Å². The minimum Gasteiger partial charge on any atom is -0.497 e. The summed E-state index contributed by atoms with van der Waals surface area (Å²) in [4.78, 5) is 17.4. The molecule has 1 aliphatic heterocycles. The minimum absolute atomic E-state index is 0.0492. The van der Waals surface area contributed by atoms with E-state index in [1.807, 2.05) is 42.5 Å². The van der Waals surface area contributed by atoms with Gasteiger partial charge in [-0.15, -0.1) is 0 Å². The Balaban J connectivity index is 1.53. The van der Waals surface area contributed by atoms with Crippen molar-refractivity contribution in [1.82, 2.24) is 20.4 Å². The number of carbonyl (C=O) groups is 1. The highest BCUT2D eigenvalue weighted by Crippen LogP contribution is 2.19. The van der Waals surface area contributed by atoms with Gasteiger partial charge in [-0.05, 0) is 69.7 Å². The van der Waals surface area contributed by atoms with Crippen LogP contribution >= 0.6 is 0 Å². The molecule has 0 spiro atoms. The number of methoxy groups -OCH3 is 1. The lowest BCUT2D eigenvalue weighted by Crippen LogP contribution is -2.47. The quantitative estimate of drug-likeness (QED) is 0.649. The molecule has 2 amide bonds. The molecule has 3 rings (SSSR count). The molecular formula is C25H36N4O2. The maximum atomic E-state index is 12.7. The number of urea groups is 1. The van der Waals surface area contributed by atoms with Gasteiger partial charge in [0.2, 0.25) is 0 Å². The zero-order valence-electron chi connectivity index (χ0n) is 19.0. The average molecular weight is 425 g/mol. The standard InChI is InChI=1S/C25H36N4O2/c1-28-17-14-22(15-18-28)29(2)19-24(21-7-5-4-6-8-21)27-25(30)26-16-13-20-9-11-23(31-3)12-10-20/h4-12,22,24H,13-19H2,1-3H3,(H2,26,27,30). The fourth-order valence-corrected chi connectivity index (χ4v) is 4.11. The summed E-state index contributed by atoms with van der Waals surface area (Å²) in [6, 6.07) is 18.6. The Hall–Kier alpha value is -2.57. The van der Waals surface area contributed by atoms with E-state index < -0.39 is 0 Å². The van der Waals surface area contributed by atoms with Gasteiger partial charge < -0.3 is 25.2 Å². The molecular weight excluding hydrogens is 388 g/mol. The molecule has 6 nitrogen and oxygen atoms in total. The molecule has 0 radical (unpaired) electrons. The van der Waals surface area contributed by atoms with Gasteiger partial charge in [0.25, 0.3) is 0 Å². The summed E-state index contributed by atoms with van der Waals surface area (Å²) in [5.74, 6) is 0.842. The summed E-state index contributed by atoms with van der Waals surface area (Å²) < 4.78 is 5.19. The number of likely N-dealkylation sites (tertiary alicyclic amines) is 1.